The van der Waals surface area contributed by atoms with Gasteiger partial charge in [-0.15, -0.1) is 0 Å². The normalized spacial score (nSPS) is 19.3. The van der Waals surface area contributed by atoms with E-state index in [0.717, 1.165) is 12.1 Å². The van der Waals surface area contributed by atoms with Crippen molar-refractivity contribution in [1.29, 1.82) is 0 Å². The van der Waals surface area contributed by atoms with Gasteiger partial charge in [0.1, 0.15) is 17.2 Å². The molecule has 1 heterocycles. The van der Waals surface area contributed by atoms with Gasteiger partial charge in [-0.1, -0.05) is 6.07 Å². The third kappa shape index (κ3) is 2.72. The lowest BCUT2D eigenvalue weighted by Gasteiger charge is -2.30. The Bertz CT molecular complexity index is 498. The van der Waals surface area contributed by atoms with Crippen LogP contribution >= 0.6 is 0 Å². The molecule has 0 bridgehead atoms. The summed E-state index contributed by atoms with van der Waals surface area (Å²) in [7, 11) is 0. The summed E-state index contributed by atoms with van der Waals surface area (Å²) in [5.41, 5.74) is -0.617. The van der Waals surface area contributed by atoms with Crippen molar-refractivity contribution in [3.05, 3.63) is 35.4 Å². The predicted molar refractivity (Wildman–Crippen MR) is 62.6 cm³/mol. The maximum absolute atomic E-state index is 13.5. The van der Waals surface area contributed by atoms with Crippen molar-refractivity contribution in [3.63, 3.8) is 0 Å². The van der Waals surface area contributed by atoms with Gasteiger partial charge in [-0.05, 0) is 25.0 Å². The van der Waals surface area contributed by atoms with E-state index in [0.29, 0.717) is 19.4 Å². The molecular weight excluding hydrogens is 256 g/mol. The molecule has 1 saturated heterocycles. The molecule has 1 fully saturated rings. The van der Waals surface area contributed by atoms with Crippen LogP contribution in [0.5, 0.6) is 0 Å². The van der Waals surface area contributed by atoms with Crippen molar-refractivity contribution in [1.82, 2.24) is 4.90 Å². The van der Waals surface area contributed by atoms with Crippen LogP contribution in [0.25, 0.3) is 0 Å². The number of nitrogens with zero attached hydrogens (tertiary/aromatic N) is 1. The molecule has 6 heteroatoms. The van der Waals surface area contributed by atoms with Gasteiger partial charge in [0.25, 0.3) is 5.91 Å². The molecule has 0 aromatic heterocycles. The average Bonchev–Trinajstić information content (AvgIpc) is 2.38. The Morgan fingerprint density at radius 3 is 2.47 bits per heavy atom. The largest absolute Gasteiger partial charge is 0.481 e. The van der Waals surface area contributed by atoms with Gasteiger partial charge in [0.15, 0.2) is 0 Å². The Morgan fingerprint density at radius 1 is 1.26 bits per heavy atom. The number of aliphatic carboxylic acids is 1. The molecule has 1 atom stereocenters. The van der Waals surface area contributed by atoms with Gasteiger partial charge in [-0.2, -0.15) is 0 Å². The molecule has 1 aromatic rings. The first-order valence-electron chi connectivity index (χ1n) is 5.97. The highest BCUT2D eigenvalue weighted by atomic mass is 19.1. The quantitative estimate of drug-likeness (QED) is 0.892. The fourth-order valence-corrected chi connectivity index (χ4v) is 2.22. The highest BCUT2D eigenvalue weighted by Crippen LogP contribution is 2.21. The number of hydrogen-bond donors (Lipinski definition) is 1. The molecule has 0 radical (unpaired) electrons. The van der Waals surface area contributed by atoms with Crippen molar-refractivity contribution in [2.75, 3.05) is 13.1 Å². The molecule has 0 aliphatic carbocycles. The molecule has 0 spiro atoms. The number of benzene rings is 1. The molecule has 1 N–H and O–H groups in total. The Balaban J connectivity index is 2.22. The first kappa shape index (κ1) is 13.5. The zero-order valence-electron chi connectivity index (χ0n) is 10.1. The second-order valence-electron chi connectivity index (χ2n) is 4.53. The maximum atomic E-state index is 13.5. The van der Waals surface area contributed by atoms with Crippen LogP contribution in [0.2, 0.25) is 0 Å². The molecule has 1 aliphatic heterocycles. The van der Waals surface area contributed by atoms with E-state index >= 15 is 0 Å². The minimum atomic E-state index is -0.994. The lowest BCUT2D eigenvalue weighted by molar-refractivity contribution is -0.143. The van der Waals surface area contributed by atoms with E-state index < -0.39 is 35.0 Å². The van der Waals surface area contributed by atoms with E-state index in [4.69, 9.17) is 5.11 Å². The Labute approximate surface area is 108 Å². The van der Waals surface area contributed by atoms with Gasteiger partial charge in [-0.25, -0.2) is 8.78 Å². The van der Waals surface area contributed by atoms with Crippen molar-refractivity contribution >= 4 is 11.9 Å². The molecule has 1 aromatic carbocycles. The first-order valence-corrected chi connectivity index (χ1v) is 5.97. The predicted octanol–water partition coefficient (Wildman–Crippen LogP) is 1.90. The molecule has 4 nitrogen and oxygen atoms in total. The van der Waals surface area contributed by atoms with Gasteiger partial charge < -0.3 is 10.0 Å². The minimum absolute atomic E-state index is 0.0120. The van der Waals surface area contributed by atoms with Crippen LogP contribution in [0.4, 0.5) is 8.78 Å². The van der Waals surface area contributed by atoms with Crippen molar-refractivity contribution in [2.24, 2.45) is 5.92 Å². The topological polar surface area (TPSA) is 57.6 Å². The number of carbonyl (C=O) groups excluding carboxylic acids is 1. The summed E-state index contributed by atoms with van der Waals surface area (Å²) in [6.45, 7) is 0.304. The third-order valence-corrected chi connectivity index (χ3v) is 3.23. The number of amides is 1. The van der Waals surface area contributed by atoms with Gasteiger partial charge in [0, 0.05) is 13.1 Å². The zero-order chi connectivity index (χ0) is 14.0. The number of piperidine rings is 1. The smallest absolute Gasteiger partial charge is 0.308 e. The number of halogens is 2. The summed E-state index contributed by atoms with van der Waals surface area (Å²) >= 11 is 0. The zero-order valence-corrected chi connectivity index (χ0v) is 10.1. The highest BCUT2D eigenvalue weighted by molar-refractivity contribution is 5.95. The number of carboxylic acids is 1. The van der Waals surface area contributed by atoms with E-state index in [-0.39, 0.29) is 6.54 Å². The molecule has 1 unspecified atom stereocenters. The summed E-state index contributed by atoms with van der Waals surface area (Å²) in [5, 5.41) is 8.93. The summed E-state index contributed by atoms with van der Waals surface area (Å²) in [4.78, 5) is 24.2. The maximum Gasteiger partial charge on any atom is 0.308 e. The van der Waals surface area contributed by atoms with E-state index in [2.05, 4.69) is 0 Å². The van der Waals surface area contributed by atoms with Gasteiger partial charge in [0.2, 0.25) is 0 Å². The average molecular weight is 269 g/mol. The molecule has 0 saturated carbocycles. The second-order valence-corrected chi connectivity index (χ2v) is 4.53. The van der Waals surface area contributed by atoms with E-state index in [9.17, 15) is 18.4 Å². The molecule has 102 valence electrons. The minimum Gasteiger partial charge on any atom is -0.481 e. The monoisotopic (exact) mass is 269 g/mol. The van der Waals surface area contributed by atoms with Crippen LogP contribution in [-0.2, 0) is 4.79 Å². The van der Waals surface area contributed by atoms with E-state index in [1.807, 2.05) is 0 Å². The van der Waals surface area contributed by atoms with Crippen LogP contribution in [0.15, 0.2) is 18.2 Å². The fraction of sp³-hybridized carbons (Fsp3) is 0.385. The SMILES string of the molecule is O=C(O)C1CCCN(C(=O)c2c(F)cccc2F)C1. The fourth-order valence-electron chi connectivity index (χ4n) is 2.22. The number of hydrogen-bond acceptors (Lipinski definition) is 2. The third-order valence-electron chi connectivity index (χ3n) is 3.23. The first-order chi connectivity index (χ1) is 9.00. The Kier molecular flexibility index (Phi) is 3.78. The number of likely N-dealkylation sites (tertiary alicyclic amines) is 1. The van der Waals surface area contributed by atoms with Crippen LogP contribution in [-0.4, -0.2) is 35.0 Å². The molecular formula is C13H13F2NO3. The highest BCUT2D eigenvalue weighted by Gasteiger charge is 2.30. The summed E-state index contributed by atoms with van der Waals surface area (Å²) < 4.78 is 27.0. The molecule has 2 rings (SSSR count). The lowest BCUT2D eigenvalue weighted by Crippen LogP contribution is -2.42. The van der Waals surface area contributed by atoms with Gasteiger partial charge >= 0.3 is 5.97 Å². The lowest BCUT2D eigenvalue weighted by atomic mass is 9.97. The van der Waals surface area contributed by atoms with Crippen molar-refractivity contribution in [2.45, 2.75) is 12.8 Å². The number of carboxylic acid groups (broad SMARTS) is 1. The molecule has 19 heavy (non-hydrogen) atoms. The van der Waals surface area contributed by atoms with Crippen LogP contribution in [0, 0.1) is 17.6 Å². The molecule has 1 aliphatic rings. The van der Waals surface area contributed by atoms with Crippen LogP contribution in [0.1, 0.15) is 23.2 Å². The molecule has 1 amide bonds. The van der Waals surface area contributed by atoms with Gasteiger partial charge in [-0.3, -0.25) is 9.59 Å². The summed E-state index contributed by atoms with van der Waals surface area (Å²) in [6, 6.07) is 3.20. The van der Waals surface area contributed by atoms with Crippen molar-refractivity contribution in [3.8, 4) is 0 Å². The summed E-state index contributed by atoms with van der Waals surface area (Å²) in [6.07, 6.45) is 0.984. The van der Waals surface area contributed by atoms with Crippen LogP contribution < -0.4 is 0 Å². The summed E-state index contributed by atoms with van der Waals surface area (Å²) in [5.74, 6) is -4.31. The van der Waals surface area contributed by atoms with E-state index in [1.165, 1.54) is 11.0 Å². The van der Waals surface area contributed by atoms with E-state index in [1.54, 1.807) is 0 Å². The van der Waals surface area contributed by atoms with Gasteiger partial charge in [0.05, 0.1) is 5.92 Å². The van der Waals surface area contributed by atoms with Crippen LogP contribution in [0.3, 0.4) is 0 Å². The van der Waals surface area contributed by atoms with Crippen molar-refractivity contribution < 1.29 is 23.5 Å². The Hall–Kier alpha value is -1.98. The standard InChI is InChI=1S/C13H13F2NO3/c14-9-4-1-5-10(15)11(9)12(17)16-6-2-3-8(7-16)13(18)19/h1,4-5,8H,2-3,6-7H2,(H,18,19). The Morgan fingerprint density at radius 2 is 1.89 bits per heavy atom. The number of rotatable bonds is 2. The second kappa shape index (κ2) is 5.34. The number of carbonyl (C=O) groups is 2.